The molecule has 0 aliphatic heterocycles. The summed E-state index contributed by atoms with van der Waals surface area (Å²) >= 11 is 0. The van der Waals surface area contributed by atoms with Gasteiger partial charge in [-0.05, 0) is 62.5 Å². The van der Waals surface area contributed by atoms with Gasteiger partial charge >= 0.3 is 5.97 Å². The Balaban J connectivity index is 2.90. The van der Waals surface area contributed by atoms with E-state index in [0.29, 0.717) is 10.1 Å². The number of esters is 1. The topological polar surface area (TPSA) is 261 Å². The summed E-state index contributed by atoms with van der Waals surface area (Å²) in [6.45, 7) is 12.2. The van der Waals surface area contributed by atoms with E-state index in [0.717, 1.165) is 19.5 Å². The molecule has 0 aromatic heterocycles. The fourth-order valence-corrected chi connectivity index (χ4v) is 5.54. The number of rotatable bonds is 18. The van der Waals surface area contributed by atoms with Gasteiger partial charge in [-0.2, -0.15) is 0 Å². The van der Waals surface area contributed by atoms with Crippen molar-refractivity contribution < 1.29 is 54.1 Å². The van der Waals surface area contributed by atoms with E-state index in [1.165, 1.54) is 19.9 Å². The standard InChI is InChI=1S/C33H54N6O11/c1-19(15-24(41)36-20(2)30(46)38(8)48)50-31(47)22(11-9-10-14-39(49)26(43)16-33(6,7)18-32(3,4)5)37-25(42)17-35-29(45)27-21(34)12-13-23(40)28(27)44/h12-13,19-20,22,40,44,48-49H,9-11,14-18,34H2,1-8H3,(H,35,45)(H,36,41)(H,37,42). The van der Waals surface area contributed by atoms with E-state index >= 15 is 0 Å². The third-order valence-corrected chi connectivity index (χ3v) is 7.34. The summed E-state index contributed by atoms with van der Waals surface area (Å²) in [4.78, 5) is 75.4. The number of phenols is 2. The molecule has 0 aliphatic carbocycles. The summed E-state index contributed by atoms with van der Waals surface area (Å²) in [5, 5.41) is 47.4. The Kier molecular flexibility index (Phi) is 16.4. The van der Waals surface area contributed by atoms with E-state index in [-0.39, 0.29) is 55.2 Å². The van der Waals surface area contributed by atoms with E-state index in [9.17, 15) is 49.4 Å². The summed E-state index contributed by atoms with van der Waals surface area (Å²) in [6.07, 6.45) is -0.00594. The van der Waals surface area contributed by atoms with E-state index in [1.54, 1.807) is 0 Å². The molecule has 0 saturated carbocycles. The Hall–Kier alpha value is -4.64. The van der Waals surface area contributed by atoms with Crippen molar-refractivity contribution in [3.8, 4) is 11.5 Å². The van der Waals surface area contributed by atoms with Crippen LogP contribution in [0.3, 0.4) is 0 Å². The van der Waals surface area contributed by atoms with Gasteiger partial charge in [0.1, 0.15) is 23.8 Å². The van der Waals surface area contributed by atoms with Gasteiger partial charge in [0.2, 0.25) is 17.7 Å². The average molecular weight is 711 g/mol. The van der Waals surface area contributed by atoms with Crippen molar-refractivity contribution in [2.75, 3.05) is 25.9 Å². The summed E-state index contributed by atoms with van der Waals surface area (Å²) in [7, 11) is 1.10. The van der Waals surface area contributed by atoms with Crippen LogP contribution in [-0.4, -0.2) is 105 Å². The molecule has 282 valence electrons. The van der Waals surface area contributed by atoms with Crippen LogP contribution in [0.5, 0.6) is 11.5 Å². The lowest BCUT2D eigenvalue weighted by atomic mass is 9.74. The molecular weight excluding hydrogens is 656 g/mol. The SMILES string of the molecule is CC(CC(=O)NC(C)C(=O)N(C)O)OC(=O)C(CCCCN(O)C(=O)CC(C)(C)CC(C)(C)C)NC(=O)CNC(=O)c1c(N)ccc(O)c1O. The molecule has 5 amide bonds. The predicted octanol–water partition coefficient (Wildman–Crippen LogP) is 1.81. The van der Waals surface area contributed by atoms with Crippen LogP contribution in [0.1, 0.15) is 97.3 Å². The Morgan fingerprint density at radius 1 is 0.940 bits per heavy atom. The maximum Gasteiger partial charge on any atom is 0.328 e. The zero-order chi connectivity index (χ0) is 38.6. The van der Waals surface area contributed by atoms with E-state index < -0.39 is 77.3 Å². The second kappa shape index (κ2) is 18.9. The minimum atomic E-state index is -1.28. The number of nitrogens with one attached hydrogen (secondary N) is 3. The van der Waals surface area contributed by atoms with Crippen LogP contribution < -0.4 is 21.7 Å². The smallest absolute Gasteiger partial charge is 0.328 e. The maximum absolute atomic E-state index is 13.1. The first-order valence-electron chi connectivity index (χ1n) is 16.3. The molecule has 0 saturated heterocycles. The van der Waals surface area contributed by atoms with Gasteiger partial charge in [-0.1, -0.05) is 34.6 Å². The van der Waals surface area contributed by atoms with Crippen LogP contribution >= 0.6 is 0 Å². The fourth-order valence-electron chi connectivity index (χ4n) is 5.54. The third-order valence-electron chi connectivity index (χ3n) is 7.34. The molecule has 1 aromatic rings. The Morgan fingerprint density at radius 3 is 2.14 bits per heavy atom. The van der Waals surface area contributed by atoms with Crippen molar-refractivity contribution in [1.29, 1.82) is 0 Å². The number of hydroxylamine groups is 4. The van der Waals surface area contributed by atoms with Crippen molar-refractivity contribution in [2.45, 2.75) is 105 Å². The Morgan fingerprint density at radius 2 is 1.56 bits per heavy atom. The number of ether oxygens (including phenoxy) is 1. The highest BCUT2D eigenvalue weighted by Crippen LogP contribution is 2.36. The highest BCUT2D eigenvalue weighted by Gasteiger charge is 2.30. The summed E-state index contributed by atoms with van der Waals surface area (Å²) in [5.41, 5.74) is 4.74. The number of hydrogen-bond donors (Lipinski definition) is 8. The van der Waals surface area contributed by atoms with Crippen LogP contribution in [-0.2, 0) is 28.7 Å². The zero-order valence-corrected chi connectivity index (χ0v) is 30.2. The summed E-state index contributed by atoms with van der Waals surface area (Å²) < 4.78 is 5.39. The number of phenolic OH excluding ortho intramolecular Hbond substituents is 2. The van der Waals surface area contributed by atoms with Crippen molar-refractivity contribution in [3.05, 3.63) is 17.7 Å². The van der Waals surface area contributed by atoms with Gasteiger partial charge in [0, 0.05) is 25.7 Å². The maximum atomic E-state index is 13.1. The molecule has 0 spiro atoms. The van der Waals surface area contributed by atoms with Gasteiger partial charge in [0.15, 0.2) is 11.5 Å². The number of benzene rings is 1. The molecule has 0 bridgehead atoms. The number of carbonyl (C=O) groups is 6. The van der Waals surface area contributed by atoms with Crippen LogP contribution in [0, 0.1) is 10.8 Å². The van der Waals surface area contributed by atoms with E-state index in [2.05, 4.69) is 36.7 Å². The highest BCUT2D eigenvalue weighted by molar-refractivity contribution is 6.04. The van der Waals surface area contributed by atoms with E-state index in [1.807, 2.05) is 13.8 Å². The number of nitrogens with zero attached hydrogens (tertiary/aromatic N) is 2. The number of aromatic hydroxyl groups is 2. The molecule has 1 aromatic carbocycles. The number of nitrogens with two attached hydrogens (primary N) is 1. The average Bonchev–Trinajstić information content (AvgIpc) is 2.97. The largest absolute Gasteiger partial charge is 0.504 e. The summed E-state index contributed by atoms with van der Waals surface area (Å²) in [6, 6.07) is -0.0547. The normalized spacial score (nSPS) is 13.3. The molecule has 17 heteroatoms. The second-order valence-electron chi connectivity index (χ2n) is 14.4. The molecule has 17 nitrogen and oxygen atoms in total. The van der Waals surface area contributed by atoms with Gasteiger partial charge in [0.25, 0.3) is 11.8 Å². The van der Waals surface area contributed by atoms with Crippen LogP contribution in [0.4, 0.5) is 5.69 Å². The lowest BCUT2D eigenvalue weighted by Crippen LogP contribution is -2.47. The highest BCUT2D eigenvalue weighted by atomic mass is 16.5. The molecule has 50 heavy (non-hydrogen) atoms. The lowest BCUT2D eigenvalue weighted by Gasteiger charge is -2.32. The first-order chi connectivity index (χ1) is 22.9. The number of carbonyl (C=O) groups excluding carboxylic acids is 6. The van der Waals surface area contributed by atoms with Crippen LogP contribution in [0.25, 0.3) is 0 Å². The number of hydrogen-bond acceptors (Lipinski definition) is 12. The Bertz CT molecular complexity index is 1380. The quantitative estimate of drug-likeness (QED) is 0.0206. The first-order valence-corrected chi connectivity index (χ1v) is 16.3. The molecule has 0 heterocycles. The number of anilines is 1. The molecule has 9 N–H and O–H groups in total. The summed E-state index contributed by atoms with van der Waals surface area (Å²) in [5.74, 6) is -5.96. The molecule has 1 rings (SSSR count). The molecule has 0 radical (unpaired) electrons. The number of likely N-dealkylation sites (N-methyl/N-ethyl adjacent to an activating group) is 1. The van der Waals surface area contributed by atoms with Crippen LogP contribution in [0.2, 0.25) is 0 Å². The van der Waals surface area contributed by atoms with Crippen molar-refractivity contribution in [1.82, 2.24) is 26.1 Å². The minimum absolute atomic E-state index is 0.0103. The van der Waals surface area contributed by atoms with E-state index in [4.69, 9.17) is 10.5 Å². The number of unbranched alkanes of at least 4 members (excludes halogenated alkanes) is 1. The molecule has 3 atom stereocenters. The van der Waals surface area contributed by atoms with Gasteiger partial charge < -0.3 is 36.6 Å². The molecule has 0 fully saturated rings. The second-order valence-corrected chi connectivity index (χ2v) is 14.4. The van der Waals surface area contributed by atoms with Crippen LogP contribution in [0.15, 0.2) is 12.1 Å². The van der Waals surface area contributed by atoms with Crippen molar-refractivity contribution in [2.24, 2.45) is 10.8 Å². The molecular formula is C33H54N6O11. The zero-order valence-electron chi connectivity index (χ0n) is 30.2. The van der Waals surface area contributed by atoms with Crippen molar-refractivity contribution in [3.63, 3.8) is 0 Å². The number of nitrogen functional groups attached to an aromatic ring is 1. The van der Waals surface area contributed by atoms with Gasteiger partial charge in [-0.25, -0.2) is 14.9 Å². The third kappa shape index (κ3) is 15.3. The van der Waals surface area contributed by atoms with Gasteiger partial charge in [-0.3, -0.25) is 34.4 Å². The number of amides is 5. The predicted molar refractivity (Wildman–Crippen MR) is 181 cm³/mol. The van der Waals surface area contributed by atoms with Gasteiger partial charge in [-0.15, -0.1) is 0 Å². The molecule has 0 aliphatic rings. The first kappa shape index (κ1) is 43.4. The van der Waals surface area contributed by atoms with Gasteiger partial charge in [0.05, 0.1) is 13.0 Å². The minimum Gasteiger partial charge on any atom is -0.504 e. The monoisotopic (exact) mass is 710 g/mol. The molecule has 3 unspecified atom stereocenters. The Labute approximate surface area is 292 Å². The van der Waals surface area contributed by atoms with Crippen molar-refractivity contribution >= 4 is 41.2 Å². The fraction of sp³-hybridized carbons (Fsp3) is 0.636. The lowest BCUT2D eigenvalue weighted by molar-refractivity contribution is -0.168.